The molecule has 1 heterocycles. The number of carbonyl (C=O) groups is 1. The first-order chi connectivity index (χ1) is 14.0. The monoisotopic (exact) mass is 502 g/mol. The number of nitrogens with one attached hydrogen (secondary N) is 1. The molecule has 3 aromatic rings. The highest BCUT2D eigenvalue weighted by molar-refractivity contribution is 8.03. The molecule has 1 aromatic heterocycles. The van der Waals surface area contributed by atoms with Gasteiger partial charge in [0, 0.05) is 21.4 Å². The molecule has 3 rings (SSSR count). The molecule has 0 radical (unpaired) electrons. The zero-order valence-corrected chi connectivity index (χ0v) is 19.4. The van der Waals surface area contributed by atoms with Gasteiger partial charge >= 0.3 is 0 Å². The Labute approximate surface area is 195 Å². The topological polar surface area (TPSA) is 67.2 Å². The fourth-order valence-electron chi connectivity index (χ4n) is 2.01. The second kappa shape index (κ2) is 11.2. The van der Waals surface area contributed by atoms with Crippen molar-refractivity contribution in [3.8, 4) is 0 Å². The van der Waals surface area contributed by atoms with Crippen LogP contribution < -0.4 is 5.43 Å². The summed E-state index contributed by atoms with van der Waals surface area (Å²) >= 11 is 22.3. The van der Waals surface area contributed by atoms with Crippen molar-refractivity contribution < 1.29 is 4.79 Å². The van der Waals surface area contributed by atoms with Gasteiger partial charge in [-0.25, -0.2) is 5.43 Å². The Bertz CT molecular complexity index is 1030. The molecule has 0 fully saturated rings. The van der Waals surface area contributed by atoms with E-state index in [1.165, 1.54) is 29.3 Å². The number of halogens is 3. The Kier molecular flexibility index (Phi) is 8.65. The zero-order chi connectivity index (χ0) is 20.6. The standard InChI is InChI=1S/C18H13Cl3N4OS3/c19-13-6-5-11(15(21)7-13)8-22-23-16(26)10-28-18-25-24-17(29-18)27-9-12-3-1-2-4-14(12)20/h1-8H,9-10H2,(H,23,26). The van der Waals surface area contributed by atoms with E-state index < -0.39 is 0 Å². The molecule has 2 aromatic carbocycles. The summed E-state index contributed by atoms with van der Waals surface area (Å²) in [5.41, 5.74) is 4.16. The largest absolute Gasteiger partial charge is 0.272 e. The second-order valence-corrected chi connectivity index (χ2v) is 10.1. The van der Waals surface area contributed by atoms with Crippen LogP contribution in [-0.4, -0.2) is 28.1 Å². The van der Waals surface area contributed by atoms with Crippen LogP contribution in [0.5, 0.6) is 0 Å². The van der Waals surface area contributed by atoms with Crippen LogP contribution in [0.4, 0.5) is 0 Å². The lowest BCUT2D eigenvalue weighted by molar-refractivity contribution is -0.118. The number of carbonyl (C=O) groups excluding carboxylic acids is 1. The van der Waals surface area contributed by atoms with E-state index in [-0.39, 0.29) is 11.7 Å². The summed E-state index contributed by atoms with van der Waals surface area (Å²) in [6.07, 6.45) is 1.47. The van der Waals surface area contributed by atoms with Crippen molar-refractivity contribution in [1.82, 2.24) is 15.6 Å². The Morgan fingerprint density at radius 2 is 1.83 bits per heavy atom. The lowest BCUT2D eigenvalue weighted by Crippen LogP contribution is -2.19. The number of thioether (sulfide) groups is 2. The molecule has 0 atom stereocenters. The molecular formula is C18H13Cl3N4OS3. The molecular weight excluding hydrogens is 491 g/mol. The van der Waals surface area contributed by atoms with Crippen molar-refractivity contribution in [2.24, 2.45) is 5.10 Å². The van der Waals surface area contributed by atoms with E-state index in [2.05, 4.69) is 20.7 Å². The zero-order valence-electron chi connectivity index (χ0n) is 14.6. The van der Waals surface area contributed by atoms with Gasteiger partial charge in [-0.1, -0.05) is 93.9 Å². The van der Waals surface area contributed by atoms with Crippen molar-refractivity contribution in [2.45, 2.75) is 14.4 Å². The van der Waals surface area contributed by atoms with Gasteiger partial charge in [0.2, 0.25) is 0 Å². The number of benzene rings is 2. The maximum Gasteiger partial charge on any atom is 0.250 e. The summed E-state index contributed by atoms with van der Waals surface area (Å²) in [5, 5.41) is 13.9. The molecule has 0 aliphatic carbocycles. The van der Waals surface area contributed by atoms with Crippen molar-refractivity contribution in [1.29, 1.82) is 0 Å². The fraction of sp³-hybridized carbons (Fsp3) is 0.111. The lowest BCUT2D eigenvalue weighted by atomic mass is 10.2. The minimum atomic E-state index is -0.253. The van der Waals surface area contributed by atoms with E-state index in [1.807, 2.05) is 24.3 Å². The average Bonchev–Trinajstić information content (AvgIpc) is 3.15. The van der Waals surface area contributed by atoms with Gasteiger partial charge in [0.15, 0.2) is 8.68 Å². The van der Waals surface area contributed by atoms with Crippen LogP contribution in [0.15, 0.2) is 56.2 Å². The first-order valence-corrected chi connectivity index (χ1v) is 12.0. The highest BCUT2D eigenvalue weighted by atomic mass is 35.5. The summed E-state index contributed by atoms with van der Waals surface area (Å²) in [6, 6.07) is 12.7. The minimum absolute atomic E-state index is 0.176. The third-order valence-electron chi connectivity index (χ3n) is 3.38. The van der Waals surface area contributed by atoms with E-state index in [0.717, 1.165) is 14.9 Å². The van der Waals surface area contributed by atoms with Gasteiger partial charge in [0.1, 0.15) is 0 Å². The second-order valence-electron chi connectivity index (χ2n) is 5.46. The molecule has 1 N–H and O–H groups in total. The molecule has 0 aliphatic rings. The van der Waals surface area contributed by atoms with Crippen LogP contribution in [0.25, 0.3) is 0 Å². The Balaban J connectivity index is 1.43. The van der Waals surface area contributed by atoms with Gasteiger partial charge in [-0.15, -0.1) is 10.2 Å². The van der Waals surface area contributed by atoms with Crippen molar-refractivity contribution >= 4 is 81.8 Å². The molecule has 150 valence electrons. The van der Waals surface area contributed by atoms with Gasteiger partial charge < -0.3 is 0 Å². The first-order valence-electron chi connectivity index (χ1n) is 8.11. The highest BCUT2D eigenvalue weighted by Crippen LogP contribution is 2.32. The van der Waals surface area contributed by atoms with Gasteiger partial charge in [0.25, 0.3) is 5.91 Å². The van der Waals surface area contributed by atoms with Crippen molar-refractivity contribution in [2.75, 3.05) is 5.75 Å². The summed E-state index contributed by atoms with van der Waals surface area (Å²) in [6.45, 7) is 0. The summed E-state index contributed by atoms with van der Waals surface area (Å²) in [7, 11) is 0. The highest BCUT2D eigenvalue weighted by Gasteiger charge is 2.09. The molecule has 5 nitrogen and oxygen atoms in total. The van der Waals surface area contributed by atoms with E-state index in [1.54, 1.807) is 30.0 Å². The predicted molar refractivity (Wildman–Crippen MR) is 124 cm³/mol. The van der Waals surface area contributed by atoms with Crippen LogP contribution in [0.1, 0.15) is 11.1 Å². The van der Waals surface area contributed by atoms with Crippen LogP contribution in [0.3, 0.4) is 0 Å². The van der Waals surface area contributed by atoms with Gasteiger partial charge in [0.05, 0.1) is 17.0 Å². The number of rotatable bonds is 8. The Morgan fingerprint density at radius 1 is 1.07 bits per heavy atom. The van der Waals surface area contributed by atoms with Crippen molar-refractivity contribution in [3.05, 3.63) is 68.7 Å². The number of hydrogen-bond donors (Lipinski definition) is 1. The van der Waals surface area contributed by atoms with Gasteiger partial charge in [-0.05, 0) is 23.8 Å². The number of aromatic nitrogens is 2. The molecule has 0 spiro atoms. The molecule has 0 bridgehead atoms. The molecule has 29 heavy (non-hydrogen) atoms. The molecule has 1 amide bonds. The summed E-state index contributed by atoms with van der Waals surface area (Å²) < 4.78 is 1.54. The first kappa shape index (κ1) is 22.4. The predicted octanol–water partition coefficient (Wildman–Crippen LogP) is 6.03. The Morgan fingerprint density at radius 3 is 2.59 bits per heavy atom. The summed E-state index contributed by atoms with van der Waals surface area (Å²) in [4.78, 5) is 11.9. The van der Waals surface area contributed by atoms with Crippen LogP contribution in [0, 0.1) is 0 Å². The maximum atomic E-state index is 11.9. The normalized spacial score (nSPS) is 11.1. The number of amides is 1. The SMILES string of the molecule is O=C(CSc1nnc(SCc2ccccc2Cl)s1)NN=Cc1ccc(Cl)cc1Cl. The number of hydrazone groups is 1. The molecule has 0 aliphatic heterocycles. The average molecular weight is 504 g/mol. The van der Waals surface area contributed by atoms with E-state index in [9.17, 15) is 4.79 Å². The third-order valence-corrected chi connectivity index (χ3v) is 7.55. The molecule has 0 saturated carbocycles. The van der Waals surface area contributed by atoms with E-state index in [4.69, 9.17) is 34.8 Å². The van der Waals surface area contributed by atoms with Gasteiger partial charge in [-0.2, -0.15) is 5.10 Å². The smallest absolute Gasteiger partial charge is 0.250 e. The maximum absolute atomic E-state index is 11.9. The van der Waals surface area contributed by atoms with Crippen LogP contribution in [0.2, 0.25) is 15.1 Å². The number of hydrogen-bond acceptors (Lipinski definition) is 7. The van der Waals surface area contributed by atoms with E-state index in [0.29, 0.717) is 25.7 Å². The van der Waals surface area contributed by atoms with E-state index >= 15 is 0 Å². The quantitative estimate of drug-likeness (QED) is 0.231. The summed E-state index contributed by atoms with van der Waals surface area (Å²) in [5.74, 6) is 0.633. The van der Waals surface area contributed by atoms with Crippen LogP contribution >= 0.6 is 69.7 Å². The third kappa shape index (κ3) is 7.16. The molecule has 11 heteroatoms. The lowest BCUT2D eigenvalue weighted by Gasteiger charge is -2.00. The molecule has 0 unspecified atom stereocenters. The fourth-order valence-corrected chi connectivity index (χ4v) is 5.56. The Hall–Kier alpha value is -1.29. The minimum Gasteiger partial charge on any atom is -0.272 e. The number of nitrogens with zero attached hydrogens (tertiary/aromatic N) is 3. The van der Waals surface area contributed by atoms with Crippen molar-refractivity contribution in [3.63, 3.8) is 0 Å². The molecule has 0 saturated heterocycles. The van der Waals surface area contributed by atoms with Crippen LogP contribution in [-0.2, 0) is 10.5 Å². The van der Waals surface area contributed by atoms with Gasteiger partial charge in [-0.3, -0.25) is 4.79 Å².